The molecular formula is C22H26N4O3S. The second-order valence-corrected chi connectivity index (χ2v) is 9.11. The number of nitrogens with zero attached hydrogens (tertiary/aromatic N) is 4. The van der Waals surface area contributed by atoms with Crippen LogP contribution in [0.2, 0.25) is 0 Å². The lowest BCUT2D eigenvalue weighted by molar-refractivity contribution is 0.183. The van der Waals surface area contributed by atoms with E-state index in [0.29, 0.717) is 31.9 Å². The summed E-state index contributed by atoms with van der Waals surface area (Å²) in [6.07, 6.45) is 3.81. The number of hydrogen-bond acceptors (Lipinski definition) is 5. The number of imidazole rings is 1. The quantitative estimate of drug-likeness (QED) is 0.581. The van der Waals surface area contributed by atoms with Gasteiger partial charge in [0.1, 0.15) is 16.5 Å². The number of benzene rings is 2. The maximum absolute atomic E-state index is 13.0. The molecule has 1 aromatic heterocycles. The van der Waals surface area contributed by atoms with Gasteiger partial charge >= 0.3 is 0 Å². The Hall–Kier alpha value is -2.68. The van der Waals surface area contributed by atoms with Gasteiger partial charge in [-0.15, -0.1) is 0 Å². The smallest absolute Gasteiger partial charge is 0.246 e. The molecule has 158 valence electrons. The summed E-state index contributed by atoms with van der Waals surface area (Å²) in [7, 11) is -2.07. The van der Waals surface area contributed by atoms with Crippen molar-refractivity contribution in [2.45, 2.75) is 11.4 Å². The molecule has 1 fully saturated rings. The van der Waals surface area contributed by atoms with E-state index in [1.54, 1.807) is 28.6 Å². The first kappa shape index (κ1) is 20.6. The van der Waals surface area contributed by atoms with Gasteiger partial charge in [0.2, 0.25) is 10.0 Å². The Bertz CT molecular complexity index is 1070. The van der Waals surface area contributed by atoms with Crippen molar-refractivity contribution in [1.82, 2.24) is 18.8 Å². The van der Waals surface area contributed by atoms with Gasteiger partial charge in [-0.25, -0.2) is 13.4 Å². The molecule has 4 rings (SSSR count). The minimum absolute atomic E-state index is 0.229. The summed E-state index contributed by atoms with van der Waals surface area (Å²) in [5, 5.41) is 0. The molecule has 0 atom stereocenters. The molecule has 2 aromatic carbocycles. The monoisotopic (exact) mass is 426 g/mol. The molecule has 1 aliphatic rings. The van der Waals surface area contributed by atoms with E-state index < -0.39 is 10.0 Å². The first-order valence-corrected chi connectivity index (χ1v) is 11.5. The van der Waals surface area contributed by atoms with E-state index in [1.165, 1.54) is 7.11 Å². The van der Waals surface area contributed by atoms with Gasteiger partial charge in [-0.1, -0.05) is 42.5 Å². The number of sulfonamides is 1. The molecule has 7 nitrogen and oxygen atoms in total. The van der Waals surface area contributed by atoms with Crippen molar-refractivity contribution in [1.29, 1.82) is 0 Å². The van der Waals surface area contributed by atoms with Gasteiger partial charge in [-0.2, -0.15) is 4.31 Å². The molecule has 3 aromatic rings. The molecule has 0 saturated carbocycles. The van der Waals surface area contributed by atoms with Crippen molar-refractivity contribution in [3.05, 3.63) is 67.0 Å². The zero-order chi connectivity index (χ0) is 21.0. The zero-order valence-corrected chi connectivity index (χ0v) is 17.8. The van der Waals surface area contributed by atoms with Crippen LogP contribution in [-0.2, 0) is 16.6 Å². The van der Waals surface area contributed by atoms with Crippen LogP contribution < -0.4 is 4.74 Å². The lowest BCUT2D eigenvalue weighted by Gasteiger charge is -2.34. The standard InChI is InChI=1S/C22H26N4O3S/c1-29-20-9-5-6-10-21(20)30(27,28)26-17-14-24(15-18-26)13-16-25-12-11-23-22(25)19-7-3-2-4-8-19/h2-12H,13-18H2,1H3. The highest BCUT2D eigenvalue weighted by Gasteiger charge is 2.30. The summed E-state index contributed by atoms with van der Waals surface area (Å²) in [4.78, 5) is 7.01. The highest BCUT2D eigenvalue weighted by molar-refractivity contribution is 7.89. The number of ether oxygens (including phenoxy) is 1. The molecule has 1 saturated heterocycles. The average Bonchev–Trinajstić information content (AvgIpc) is 3.27. The Balaban J connectivity index is 1.36. The van der Waals surface area contributed by atoms with Crippen LogP contribution in [0.5, 0.6) is 5.75 Å². The highest BCUT2D eigenvalue weighted by Crippen LogP contribution is 2.27. The van der Waals surface area contributed by atoms with E-state index >= 15 is 0 Å². The highest BCUT2D eigenvalue weighted by atomic mass is 32.2. The molecular weight excluding hydrogens is 400 g/mol. The van der Waals surface area contributed by atoms with Crippen molar-refractivity contribution in [2.75, 3.05) is 39.8 Å². The van der Waals surface area contributed by atoms with Crippen LogP contribution in [0.15, 0.2) is 71.9 Å². The summed E-state index contributed by atoms with van der Waals surface area (Å²) < 4.78 is 35.0. The molecule has 30 heavy (non-hydrogen) atoms. The summed E-state index contributed by atoms with van der Waals surface area (Å²) >= 11 is 0. The fraction of sp³-hybridized carbons (Fsp3) is 0.318. The zero-order valence-electron chi connectivity index (χ0n) is 17.0. The minimum atomic E-state index is -3.56. The second-order valence-electron chi connectivity index (χ2n) is 7.21. The van der Waals surface area contributed by atoms with Crippen LogP contribution in [-0.4, -0.2) is 67.0 Å². The molecule has 0 N–H and O–H groups in total. The van der Waals surface area contributed by atoms with Crippen molar-refractivity contribution in [3.63, 3.8) is 0 Å². The van der Waals surface area contributed by atoms with Crippen molar-refractivity contribution < 1.29 is 13.2 Å². The summed E-state index contributed by atoms with van der Waals surface area (Å²) in [5.74, 6) is 1.33. The van der Waals surface area contributed by atoms with E-state index in [4.69, 9.17) is 4.74 Å². The number of para-hydroxylation sites is 1. The predicted molar refractivity (Wildman–Crippen MR) is 116 cm³/mol. The Labute approximate surface area is 177 Å². The molecule has 1 aliphatic heterocycles. The molecule has 0 spiro atoms. The van der Waals surface area contributed by atoms with Crippen molar-refractivity contribution in [3.8, 4) is 17.1 Å². The van der Waals surface area contributed by atoms with E-state index in [-0.39, 0.29) is 4.90 Å². The fourth-order valence-corrected chi connectivity index (χ4v) is 5.33. The number of rotatable bonds is 7. The van der Waals surface area contributed by atoms with Crippen LogP contribution in [0, 0.1) is 0 Å². The molecule has 0 bridgehead atoms. The predicted octanol–water partition coefficient (Wildman–Crippen LogP) is 2.57. The van der Waals surface area contributed by atoms with Gasteiger partial charge in [0.25, 0.3) is 0 Å². The van der Waals surface area contributed by atoms with Gasteiger partial charge in [-0.3, -0.25) is 4.90 Å². The van der Waals surface area contributed by atoms with Gasteiger partial charge < -0.3 is 9.30 Å². The summed E-state index contributed by atoms with van der Waals surface area (Å²) in [6.45, 7) is 3.99. The van der Waals surface area contributed by atoms with Crippen molar-refractivity contribution in [2.24, 2.45) is 0 Å². The summed E-state index contributed by atoms with van der Waals surface area (Å²) in [5.41, 5.74) is 1.09. The number of piperazine rings is 1. The lowest BCUT2D eigenvalue weighted by Crippen LogP contribution is -2.49. The topological polar surface area (TPSA) is 67.7 Å². The van der Waals surface area contributed by atoms with Crippen LogP contribution in [0.4, 0.5) is 0 Å². The Morgan fingerprint density at radius 1 is 0.933 bits per heavy atom. The first-order valence-electron chi connectivity index (χ1n) is 10.0. The van der Waals surface area contributed by atoms with Gasteiger partial charge in [-0.05, 0) is 12.1 Å². The van der Waals surface area contributed by atoms with Crippen LogP contribution in [0.25, 0.3) is 11.4 Å². The van der Waals surface area contributed by atoms with Gasteiger partial charge in [0.05, 0.1) is 7.11 Å². The molecule has 0 radical (unpaired) electrons. The van der Waals surface area contributed by atoms with Crippen LogP contribution in [0.1, 0.15) is 0 Å². The molecule has 0 aliphatic carbocycles. The first-order chi connectivity index (χ1) is 14.6. The third-order valence-corrected chi connectivity index (χ3v) is 7.36. The van der Waals surface area contributed by atoms with Gasteiger partial charge in [0, 0.05) is 57.2 Å². The molecule has 8 heteroatoms. The Kier molecular flexibility index (Phi) is 6.17. The normalized spacial score (nSPS) is 15.9. The number of methoxy groups -OCH3 is 1. The number of aromatic nitrogens is 2. The van der Waals surface area contributed by atoms with Crippen LogP contribution in [0.3, 0.4) is 0 Å². The lowest BCUT2D eigenvalue weighted by atomic mass is 10.2. The third-order valence-electron chi connectivity index (χ3n) is 5.42. The van der Waals surface area contributed by atoms with Crippen LogP contribution >= 0.6 is 0 Å². The largest absolute Gasteiger partial charge is 0.495 e. The van der Waals surface area contributed by atoms with Crippen molar-refractivity contribution >= 4 is 10.0 Å². The number of hydrogen-bond donors (Lipinski definition) is 0. The molecule has 0 amide bonds. The minimum Gasteiger partial charge on any atom is -0.495 e. The van der Waals surface area contributed by atoms with Gasteiger partial charge in [0.15, 0.2) is 0 Å². The van der Waals surface area contributed by atoms with E-state index in [0.717, 1.165) is 24.5 Å². The molecule has 2 heterocycles. The Morgan fingerprint density at radius 2 is 1.63 bits per heavy atom. The third kappa shape index (κ3) is 4.26. The second kappa shape index (κ2) is 8.99. The molecule has 0 unspecified atom stereocenters. The van der Waals surface area contributed by atoms with E-state index in [2.05, 4.69) is 26.6 Å². The summed E-state index contributed by atoms with van der Waals surface area (Å²) in [6, 6.07) is 16.9. The SMILES string of the molecule is COc1ccccc1S(=O)(=O)N1CCN(CCn2ccnc2-c2ccccc2)CC1. The maximum atomic E-state index is 13.0. The Morgan fingerprint density at radius 3 is 2.37 bits per heavy atom. The van der Waals surface area contributed by atoms with E-state index in [1.807, 2.05) is 30.6 Å². The average molecular weight is 427 g/mol. The fourth-order valence-electron chi connectivity index (χ4n) is 3.75. The maximum Gasteiger partial charge on any atom is 0.246 e. The van der Waals surface area contributed by atoms with E-state index in [9.17, 15) is 8.42 Å².